The summed E-state index contributed by atoms with van der Waals surface area (Å²) in [6.07, 6.45) is 8.91. The summed E-state index contributed by atoms with van der Waals surface area (Å²) in [5, 5.41) is 0.769. The SMILES string of the molecule is CC(C)N1CCCCC1Cc1ncc2cc(Cl)ccn12. The van der Waals surface area contributed by atoms with Gasteiger partial charge in [-0.15, -0.1) is 0 Å². The van der Waals surface area contributed by atoms with Gasteiger partial charge in [0.25, 0.3) is 0 Å². The first-order valence-electron chi connectivity index (χ1n) is 7.52. The van der Waals surface area contributed by atoms with E-state index in [4.69, 9.17) is 11.6 Å². The number of likely N-dealkylation sites (tertiary alicyclic amines) is 1. The predicted molar refractivity (Wildman–Crippen MR) is 83.4 cm³/mol. The lowest BCUT2D eigenvalue weighted by Gasteiger charge is -2.38. The second-order valence-electron chi connectivity index (χ2n) is 6.00. The first kappa shape index (κ1) is 13.9. The summed E-state index contributed by atoms with van der Waals surface area (Å²) in [6, 6.07) is 5.13. The molecule has 0 N–H and O–H groups in total. The topological polar surface area (TPSA) is 20.5 Å². The average molecular weight is 292 g/mol. The smallest absolute Gasteiger partial charge is 0.114 e. The zero-order valence-corrected chi connectivity index (χ0v) is 13.0. The summed E-state index contributed by atoms with van der Waals surface area (Å²) in [5.41, 5.74) is 1.08. The van der Waals surface area contributed by atoms with Crippen LogP contribution in [-0.2, 0) is 6.42 Å². The Bertz CT molecular complexity index is 590. The molecule has 1 aliphatic rings. The van der Waals surface area contributed by atoms with Gasteiger partial charge in [-0.25, -0.2) is 4.98 Å². The maximum atomic E-state index is 6.04. The molecule has 1 aliphatic heterocycles. The van der Waals surface area contributed by atoms with Crippen LogP contribution in [0.25, 0.3) is 5.52 Å². The molecule has 20 heavy (non-hydrogen) atoms. The highest BCUT2D eigenvalue weighted by atomic mass is 35.5. The molecule has 3 rings (SSSR count). The van der Waals surface area contributed by atoms with Gasteiger partial charge >= 0.3 is 0 Å². The van der Waals surface area contributed by atoms with Crippen molar-refractivity contribution in [2.75, 3.05) is 6.54 Å². The summed E-state index contributed by atoms with van der Waals surface area (Å²) < 4.78 is 2.17. The number of halogens is 1. The summed E-state index contributed by atoms with van der Waals surface area (Å²) in [6.45, 7) is 5.81. The number of rotatable bonds is 3. The standard InChI is InChI=1S/C16H22ClN3/c1-12(2)19-7-4-3-5-14(19)10-16-18-11-15-9-13(17)6-8-20(15)16/h6,8-9,11-12,14H,3-5,7,10H2,1-2H3. The van der Waals surface area contributed by atoms with E-state index in [1.807, 2.05) is 24.5 Å². The predicted octanol–water partition coefficient (Wildman–Crippen LogP) is 3.79. The minimum atomic E-state index is 0.612. The van der Waals surface area contributed by atoms with E-state index in [9.17, 15) is 0 Å². The van der Waals surface area contributed by atoms with Gasteiger partial charge in [0.2, 0.25) is 0 Å². The van der Waals surface area contributed by atoms with Gasteiger partial charge in [0.05, 0.1) is 11.7 Å². The van der Waals surface area contributed by atoms with Gasteiger partial charge in [0.1, 0.15) is 5.82 Å². The van der Waals surface area contributed by atoms with Crippen LogP contribution in [0, 0.1) is 0 Å². The molecule has 1 fully saturated rings. The lowest BCUT2D eigenvalue weighted by atomic mass is 9.97. The molecule has 0 aromatic carbocycles. The monoisotopic (exact) mass is 291 g/mol. The number of pyridine rings is 1. The molecule has 3 nitrogen and oxygen atoms in total. The fourth-order valence-electron chi connectivity index (χ4n) is 3.31. The number of hydrogen-bond acceptors (Lipinski definition) is 2. The fourth-order valence-corrected chi connectivity index (χ4v) is 3.48. The van der Waals surface area contributed by atoms with Gasteiger partial charge in [-0.2, -0.15) is 0 Å². The average Bonchev–Trinajstić information content (AvgIpc) is 2.81. The molecule has 0 bridgehead atoms. The largest absolute Gasteiger partial charge is 0.304 e. The van der Waals surface area contributed by atoms with Crippen LogP contribution in [0.1, 0.15) is 38.9 Å². The lowest BCUT2D eigenvalue weighted by Crippen LogP contribution is -2.45. The van der Waals surface area contributed by atoms with Crippen molar-refractivity contribution in [2.45, 2.75) is 51.6 Å². The normalized spacial score (nSPS) is 20.9. The molecule has 1 atom stereocenters. The molecule has 0 spiro atoms. The molecule has 3 heterocycles. The Balaban J connectivity index is 1.84. The quantitative estimate of drug-likeness (QED) is 0.857. The molecule has 108 valence electrons. The van der Waals surface area contributed by atoms with Crippen LogP contribution in [0.4, 0.5) is 0 Å². The molecule has 1 unspecified atom stereocenters. The van der Waals surface area contributed by atoms with Gasteiger partial charge in [-0.3, -0.25) is 4.90 Å². The Kier molecular flexibility index (Phi) is 3.99. The number of nitrogens with zero attached hydrogens (tertiary/aromatic N) is 3. The molecule has 2 aromatic rings. The van der Waals surface area contributed by atoms with E-state index in [1.165, 1.54) is 25.8 Å². The summed E-state index contributed by atoms with van der Waals surface area (Å²) in [5.74, 6) is 1.15. The Labute approximate surface area is 125 Å². The second kappa shape index (κ2) is 5.74. The number of piperidine rings is 1. The number of hydrogen-bond donors (Lipinski definition) is 0. The van der Waals surface area contributed by atoms with E-state index in [-0.39, 0.29) is 0 Å². The Morgan fingerprint density at radius 1 is 1.40 bits per heavy atom. The molecule has 0 aliphatic carbocycles. The maximum absolute atomic E-state index is 6.04. The highest BCUT2D eigenvalue weighted by Gasteiger charge is 2.25. The van der Waals surface area contributed by atoms with Crippen LogP contribution in [0.2, 0.25) is 5.02 Å². The fraction of sp³-hybridized carbons (Fsp3) is 0.562. The van der Waals surface area contributed by atoms with E-state index < -0.39 is 0 Å². The number of fused-ring (bicyclic) bond motifs is 1. The first-order valence-corrected chi connectivity index (χ1v) is 7.90. The third-order valence-electron chi connectivity index (χ3n) is 4.32. The van der Waals surface area contributed by atoms with E-state index in [0.717, 1.165) is 22.8 Å². The highest BCUT2D eigenvalue weighted by molar-refractivity contribution is 6.30. The van der Waals surface area contributed by atoms with Crippen LogP contribution in [0.3, 0.4) is 0 Å². The van der Waals surface area contributed by atoms with Crippen LogP contribution in [0.5, 0.6) is 0 Å². The molecule has 1 saturated heterocycles. The molecular weight excluding hydrogens is 270 g/mol. The molecule has 2 aromatic heterocycles. The van der Waals surface area contributed by atoms with Crippen molar-refractivity contribution < 1.29 is 0 Å². The Morgan fingerprint density at radius 3 is 3.05 bits per heavy atom. The number of aromatic nitrogens is 2. The van der Waals surface area contributed by atoms with Gasteiger partial charge < -0.3 is 4.40 Å². The van der Waals surface area contributed by atoms with Crippen molar-refractivity contribution in [1.29, 1.82) is 0 Å². The number of imidazole rings is 1. The summed E-state index contributed by atoms with van der Waals surface area (Å²) >= 11 is 6.04. The van der Waals surface area contributed by atoms with Crippen molar-refractivity contribution >= 4 is 17.1 Å². The summed E-state index contributed by atoms with van der Waals surface area (Å²) in [4.78, 5) is 7.23. The third-order valence-corrected chi connectivity index (χ3v) is 4.56. The van der Waals surface area contributed by atoms with Crippen LogP contribution >= 0.6 is 11.6 Å². The van der Waals surface area contributed by atoms with E-state index in [2.05, 4.69) is 28.1 Å². The van der Waals surface area contributed by atoms with E-state index in [0.29, 0.717) is 12.1 Å². The minimum absolute atomic E-state index is 0.612. The lowest BCUT2D eigenvalue weighted by molar-refractivity contribution is 0.110. The van der Waals surface area contributed by atoms with Crippen LogP contribution in [0.15, 0.2) is 24.5 Å². The van der Waals surface area contributed by atoms with Gasteiger partial charge in [-0.05, 0) is 45.4 Å². The van der Waals surface area contributed by atoms with Crippen molar-refractivity contribution in [3.8, 4) is 0 Å². The highest BCUT2D eigenvalue weighted by Crippen LogP contribution is 2.23. The molecule has 0 radical (unpaired) electrons. The van der Waals surface area contributed by atoms with Crippen LogP contribution in [-0.4, -0.2) is 32.9 Å². The van der Waals surface area contributed by atoms with Gasteiger partial charge in [0.15, 0.2) is 0 Å². The minimum Gasteiger partial charge on any atom is -0.304 e. The molecule has 0 saturated carbocycles. The second-order valence-corrected chi connectivity index (χ2v) is 6.44. The molecule has 4 heteroatoms. The van der Waals surface area contributed by atoms with Gasteiger partial charge in [0, 0.05) is 29.7 Å². The van der Waals surface area contributed by atoms with E-state index >= 15 is 0 Å². The molecular formula is C16H22ClN3. The Morgan fingerprint density at radius 2 is 2.25 bits per heavy atom. The first-order chi connectivity index (χ1) is 9.65. The van der Waals surface area contributed by atoms with Gasteiger partial charge in [-0.1, -0.05) is 18.0 Å². The zero-order chi connectivity index (χ0) is 14.1. The third kappa shape index (κ3) is 2.70. The van der Waals surface area contributed by atoms with Crippen LogP contribution < -0.4 is 0 Å². The summed E-state index contributed by atoms with van der Waals surface area (Å²) in [7, 11) is 0. The van der Waals surface area contributed by atoms with Crippen molar-refractivity contribution in [3.63, 3.8) is 0 Å². The Hall–Kier alpha value is -1.06. The van der Waals surface area contributed by atoms with Crippen molar-refractivity contribution in [3.05, 3.63) is 35.4 Å². The van der Waals surface area contributed by atoms with Crippen molar-refractivity contribution in [1.82, 2.24) is 14.3 Å². The van der Waals surface area contributed by atoms with E-state index in [1.54, 1.807) is 0 Å². The maximum Gasteiger partial charge on any atom is 0.114 e. The van der Waals surface area contributed by atoms with Crippen molar-refractivity contribution in [2.24, 2.45) is 0 Å². The zero-order valence-electron chi connectivity index (χ0n) is 12.2. The molecule has 0 amide bonds.